The maximum Gasteiger partial charge on any atom is 0.241 e. The van der Waals surface area contributed by atoms with E-state index in [2.05, 4.69) is 10.0 Å². The number of para-hydroxylation sites is 1. The molecule has 0 bridgehead atoms. The van der Waals surface area contributed by atoms with E-state index >= 15 is 0 Å². The molecule has 7 heteroatoms. The van der Waals surface area contributed by atoms with Crippen molar-refractivity contribution in [2.45, 2.75) is 43.6 Å². The van der Waals surface area contributed by atoms with Gasteiger partial charge in [0.25, 0.3) is 0 Å². The number of rotatable bonds is 7. The molecule has 2 N–H and O–H groups in total. The molecule has 1 fully saturated rings. The first-order valence-corrected chi connectivity index (χ1v) is 10.5. The molecule has 0 aliphatic heterocycles. The zero-order valence-corrected chi connectivity index (χ0v) is 16.1. The van der Waals surface area contributed by atoms with Crippen LogP contribution in [0.3, 0.4) is 0 Å². The molecule has 6 nitrogen and oxygen atoms in total. The van der Waals surface area contributed by atoms with Gasteiger partial charge in [-0.25, -0.2) is 13.1 Å². The van der Waals surface area contributed by atoms with Gasteiger partial charge in [0, 0.05) is 5.69 Å². The molecular formula is C20H24N2O4S. The fraction of sp³-hybridized carbons (Fsp3) is 0.350. The first-order valence-electron chi connectivity index (χ1n) is 9.06. The van der Waals surface area contributed by atoms with Crippen LogP contribution in [0.4, 0.5) is 5.69 Å². The van der Waals surface area contributed by atoms with Crippen molar-refractivity contribution in [2.75, 3.05) is 11.9 Å². The number of benzene rings is 2. The Bertz CT molecular complexity index is 888. The van der Waals surface area contributed by atoms with Crippen LogP contribution in [0.2, 0.25) is 0 Å². The Morgan fingerprint density at radius 3 is 2.41 bits per heavy atom. The number of carbonyl (C=O) groups is 1. The van der Waals surface area contributed by atoms with Crippen LogP contribution in [0, 0.1) is 6.92 Å². The van der Waals surface area contributed by atoms with Gasteiger partial charge >= 0.3 is 0 Å². The summed E-state index contributed by atoms with van der Waals surface area (Å²) >= 11 is 0. The number of nitrogens with one attached hydrogen (secondary N) is 2. The van der Waals surface area contributed by atoms with Crippen LogP contribution in [-0.4, -0.2) is 27.0 Å². The van der Waals surface area contributed by atoms with E-state index in [1.807, 2.05) is 25.1 Å². The highest BCUT2D eigenvalue weighted by molar-refractivity contribution is 7.89. The summed E-state index contributed by atoms with van der Waals surface area (Å²) in [5.74, 6) is 0.243. The summed E-state index contributed by atoms with van der Waals surface area (Å²) in [6, 6.07) is 13.6. The molecule has 27 heavy (non-hydrogen) atoms. The zero-order chi connectivity index (χ0) is 19.3. The summed E-state index contributed by atoms with van der Waals surface area (Å²) in [5, 5.41) is 2.70. The Kier molecular flexibility index (Phi) is 6.13. The van der Waals surface area contributed by atoms with E-state index in [-0.39, 0.29) is 17.5 Å². The average molecular weight is 388 g/mol. The number of hydrogen-bond acceptors (Lipinski definition) is 4. The van der Waals surface area contributed by atoms with Crippen LogP contribution in [0.25, 0.3) is 0 Å². The number of ether oxygens (including phenoxy) is 1. The number of carbonyl (C=O) groups excluding carboxylic acids is 1. The highest BCUT2D eigenvalue weighted by atomic mass is 32.2. The summed E-state index contributed by atoms with van der Waals surface area (Å²) in [7, 11) is -3.77. The first-order chi connectivity index (χ1) is 12.9. The van der Waals surface area contributed by atoms with Crippen molar-refractivity contribution in [3.8, 4) is 5.75 Å². The van der Waals surface area contributed by atoms with E-state index in [1.54, 1.807) is 18.2 Å². The van der Waals surface area contributed by atoms with Crippen LogP contribution in [-0.2, 0) is 14.8 Å². The summed E-state index contributed by atoms with van der Waals surface area (Å²) in [4.78, 5) is 12.1. The second kappa shape index (κ2) is 8.54. The molecule has 0 unspecified atom stereocenters. The minimum Gasteiger partial charge on any atom is -0.490 e. The van der Waals surface area contributed by atoms with Gasteiger partial charge in [0.2, 0.25) is 15.9 Å². The van der Waals surface area contributed by atoms with Gasteiger partial charge in [0.1, 0.15) is 5.75 Å². The molecule has 0 saturated heterocycles. The number of sulfonamides is 1. The molecule has 3 rings (SSSR count). The highest BCUT2D eigenvalue weighted by Gasteiger charge is 2.18. The molecule has 0 radical (unpaired) electrons. The van der Waals surface area contributed by atoms with Gasteiger partial charge in [0.05, 0.1) is 17.5 Å². The Hall–Kier alpha value is -2.38. The molecule has 1 saturated carbocycles. The van der Waals surface area contributed by atoms with E-state index in [9.17, 15) is 13.2 Å². The Labute approximate surface area is 160 Å². The van der Waals surface area contributed by atoms with Crippen molar-refractivity contribution in [1.29, 1.82) is 0 Å². The standard InChI is InChI=1S/C20H24N2O4S/c1-15-6-2-5-9-19(15)22-20(23)14-21-27(24,25)18-12-10-17(11-13-18)26-16-7-3-4-8-16/h2,5-6,9-13,16,21H,3-4,7-8,14H2,1H3,(H,22,23). The lowest BCUT2D eigenvalue weighted by Gasteiger charge is -2.13. The molecule has 1 aliphatic carbocycles. The molecule has 144 valence electrons. The van der Waals surface area contributed by atoms with Crippen LogP contribution >= 0.6 is 0 Å². The normalized spacial score (nSPS) is 14.9. The molecule has 2 aromatic rings. The van der Waals surface area contributed by atoms with Gasteiger partial charge in [-0.3, -0.25) is 4.79 Å². The maximum absolute atomic E-state index is 12.4. The predicted octanol–water partition coefficient (Wildman–Crippen LogP) is 3.23. The fourth-order valence-corrected chi connectivity index (χ4v) is 4.03. The maximum atomic E-state index is 12.4. The molecule has 0 atom stereocenters. The van der Waals surface area contributed by atoms with Crippen LogP contribution in [0.1, 0.15) is 31.2 Å². The predicted molar refractivity (Wildman–Crippen MR) is 104 cm³/mol. The zero-order valence-electron chi connectivity index (χ0n) is 15.3. The fourth-order valence-electron chi connectivity index (χ4n) is 3.05. The largest absolute Gasteiger partial charge is 0.490 e. The van der Waals surface area contributed by atoms with Crippen molar-refractivity contribution in [3.05, 3.63) is 54.1 Å². The lowest BCUT2D eigenvalue weighted by Crippen LogP contribution is -2.33. The smallest absolute Gasteiger partial charge is 0.241 e. The Balaban J connectivity index is 1.56. The molecule has 1 amide bonds. The topological polar surface area (TPSA) is 84.5 Å². The van der Waals surface area contributed by atoms with E-state index in [0.717, 1.165) is 18.4 Å². The Morgan fingerprint density at radius 1 is 1.07 bits per heavy atom. The van der Waals surface area contributed by atoms with Crippen LogP contribution in [0.15, 0.2) is 53.4 Å². The van der Waals surface area contributed by atoms with Gasteiger partial charge in [-0.15, -0.1) is 0 Å². The molecule has 2 aromatic carbocycles. The number of aryl methyl sites for hydroxylation is 1. The number of hydrogen-bond donors (Lipinski definition) is 2. The Morgan fingerprint density at radius 2 is 1.74 bits per heavy atom. The van der Waals surface area contributed by atoms with Crippen molar-refractivity contribution >= 4 is 21.6 Å². The van der Waals surface area contributed by atoms with Gasteiger partial charge < -0.3 is 10.1 Å². The molecule has 1 aliphatic rings. The average Bonchev–Trinajstić information content (AvgIpc) is 3.16. The molecule has 0 heterocycles. The van der Waals surface area contributed by atoms with Crippen molar-refractivity contribution in [3.63, 3.8) is 0 Å². The minimum absolute atomic E-state index is 0.102. The summed E-state index contributed by atoms with van der Waals surface area (Å²) in [6.07, 6.45) is 4.64. The monoisotopic (exact) mass is 388 g/mol. The number of amides is 1. The molecule has 0 aromatic heterocycles. The third-order valence-corrected chi connectivity index (χ3v) is 6.00. The van der Waals surface area contributed by atoms with E-state index in [0.29, 0.717) is 11.4 Å². The highest BCUT2D eigenvalue weighted by Crippen LogP contribution is 2.24. The SMILES string of the molecule is Cc1ccccc1NC(=O)CNS(=O)(=O)c1ccc(OC2CCCC2)cc1. The van der Waals surface area contributed by atoms with Gasteiger partial charge in [-0.05, 0) is 68.5 Å². The van der Waals surface area contributed by atoms with Crippen LogP contribution in [0.5, 0.6) is 5.75 Å². The lowest BCUT2D eigenvalue weighted by atomic mass is 10.2. The molecule has 0 spiro atoms. The van der Waals surface area contributed by atoms with Crippen molar-refractivity contribution in [1.82, 2.24) is 4.72 Å². The minimum atomic E-state index is -3.77. The first kappa shape index (κ1) is 19.4. The van der Waals surface area contributed by atoms with Gasteiger partial charge in [-0.1, -0.05) is 18.2 Å². The summed E-state index contributed by atoms with van der Waals surface area (Å²) in [5.41, 5.74) is 1.57. The van der Waals surface area contributed by atoms with Crippen molar-refractivity contribution < 1.29 is 17.9 Å². The third-order valence-electron chi connectivity index (χ3n) is 4.58. The van der Waals surface area contributed by atoms with Gasteiger partial charge in [0.15, 0.2) is 0 Å². The van der Waals surface area contributed by atoms with Gasteiger partial charge in [-0.2, -0.15) is 0 Å². The molecular weight excluding hydrogens is 364 g/mol. The third kappa shape index (κ3) is 5.30. The summed E-state index contributed by atoms with van der Waals surface area (Å²) in [6.45, 7) is 1.53. The summed E-state index contributed by atoms with van der Waals surface area (Å²) < 4.78 is 32.9. The van der Waals surface area contributed by atoms with E-state index in [1.165, 1.54) is 25.0 Å². The van der Waals surface area contributed by atoms with Crippen LogP contribution < -0.4 is 14.8 Å². The quantitative estimate of drug-likeness (QED) is 0.763. The second-order valence-electron chi connectivity index (χ2n) is 6.68. The van der Waals surface area contributed by atoms with E-state index in [4.69, 9.17) is 4.74 Å². The second-order valence-corrected chi connectivity index (χ2v) is 8.45. The van der Waals surface area contributed by atoms with Crippen molar-refractivity contribution in [2.24, 2.45) is 0 Å². The van der Waals surface area contributed by atoms with E-state index < -0.39 is 15.9 Å². The lowest BCUT2D eigenvalue weighted by molar-refractivity contribution is -0.115. The number of anilines is 1.